The first-order chi connectivity index (χ1) is 9.97. The quantitative estimate of drug-likeness (QED) is 0.867. The minimum absolute atomic E-state index is 0.212. The number of nitrogens with zero attached hydrogens (tertiary/aromatic N) is 2. The van der Waals surface area contributed by atoms with Crippen LogP contribution in [-0.2, 0) is 6.54 Å². The maximum Gasteiger partial charge on any atom is 0.0545 e. The van der Waals surface area contributed by atoms with E-state index in [-0.39, 0.29) is 11.1 Å². The van der Waals surface area contributed by atoms with Gasteiger partial charge in [0.1, 0.15) is 0 Å². The Bertz CT molecular complexity index is 456. The molecule has 1 aliphatic heterocycles. The van der Waals surface area contributed by atoms with Crippen molar-refractivity contribution in [3.8, 4) is 0 Å². The molecule has 1 fully saturated rings. The molecule has 118 valence electrons. The van der Waals surface area contributed by atoms with Crippen molar-refractivity contribution < 1.29 is 0 Å². The maximum absolute atomic E-state index is 4.57. The van der Waals surface area contributed by atoms with Gasteiger partial charge in [-0.2, -0.15) is 0 Å². The summed E-state index contributed by atoms with van der Waals surface area (Å²) in [6.07, 6.45) is 5.40. The van der Waals surface area contributed by atoms with Gasteiger partial charge >= 0.3 is 0 Å². The molecule has 1 unspecified atom stereocenters. The molecule has 21 heavy (non-hydrogen) atoms. The van der Waals surface area contributed by atoms with Crippen molar-refractivity contribution in [1.82, 2.24) is 15.2 Å². The van der Waals surface area contributed by atoms with E-state index in [1.54, 1.807) is 0 Å². The van der Waals surface area contributed by atoms with Crippen molar-refractivity contribution in [2.75, 3.05) is 13.1 Å². The fourth-order valence-corrected chi connectivity index (χ4v) is 3.47. The lowest BCUT2D eigenvalue weighted by atomic mass is 9.82. The Kier molecular flexibility index (Phi) is 5.44. The van der Waals surface area contributed by atoms with Crippen molar-refractivity contribution >= 4 is 15.9 Å². The topological polar surface area (TPSA) is 28.2 Å². The smallest absolute Gasteiger partial charge is 0.0545 e. The first-order valence-corrected chi connectivity index (χ1v) is 8.87. The van der Waals surface area contributed by atoms with Gasteiger partial charge in [0.15, 0.2) is 0 Å². The van der Waals surface area contributed by atoms with E-state index < -0.39 is 0 Å². The molecule has 2 heterocycles. The third-order valence-corrected chi connectivity index (χ3v) is 5.76. The van der Waals surface area contributed by atoms with Crippen LogP contribution in [0.25, 0.3) is 0 Å². The summed E-state index contributed by atoms with van der Waals surface area (Å²) in [7, 11) is 0. The summed E-state index contributed by atoms with van der Waals surface area (Å²) >= 11 is 3.46. The van der Waals surface area contributed by atoms with Crippen LogP contribution in [0.4, 0.5) is 0 Å². The van der Waals surface area contributed by atoms with Gasteiger partial charge in [0.05, 0.1) is 5.69 Å². The van der Waals surface area contributed by atoms with Crippen molar-refractivity contribution in [2.24, 2.45) is 0 Å². The molecule has 0 radical (unpaired) electrons. The maximum atomic E-state index is 4.57. The van der Waals surface area contributed by atoms with Gasteiger partial charge in [-0.3, -0.25) is 9.88 Å². The van der Waals surface area contributed by atoms with Gasteiger partial charge in [-0.15, -0.1) is 0 Å². The molecule has 0 aromatic carbocycles. The lowest BCUT2D eigenvalue weighted by molar-refractivity contribution is -0.00491. The molecule has 1 aliphatic rings. The highest BCUT2D eigenvalue weighted by Gasteiger charge is 2.42. The lowest BCUT2D eigenvalue weighted by Gasteiger charge is -2.53. The average molecular weight is 354 g/mol. The molecular formula is C17H28BrN3. The van der Waals surface area contributed by atoms with Crippen molar-refractivity contribution in [3.05, 3.63) is 28.5 Å². The number of hydrogen-bond donors (Lipinski definition) is 1. The molecule has 0 aliphatic carbocycles. The summed E-state index contributed by atoms with van der Waals surface area (Å²) in [5.74, 6) is 0. The number of halogens is 1. The lowest BCUT2D eigenvalue weighted by Crippen LogP contribution is -2.68. The van der Waals surface area contributed by atoms with Crippen LogP contribution < -0.4 is 5.32 Å². The number of rotatable bonds is 5. The summed E-state index contributed by atoms with van der Waals surface area (Å²) in [6.45, 7) is 12.3. The second kappa shape index (κ2) is 6.76. The summed E-state index contributed by atoms with van der Waals surface area (Å²) in [6, 6.07) is 4.22. The fraction of sp³-hybridized carbons (Fsp3) is 0.706. The molecule has 4 heteroatoms. The molecule has 2 rings (SSSR count). The second-order valence-electron chi connectivity index (χ2n) is 6.52. The zero-order valence-electron chi connectivity index (χ0n) is 13.7. The number of piperazine rings is 1. The summed E-state index contributed by atoms with van der Waals surface area (Å²) in [4.78, 5) is 7.23. The van der Waals surface area contributed by atoms with Gasteiger partial charge in [0, 0.05) is 41.4 Å². The standard InChI is InChI=1S/C17H28BrN3/c1-5-16(4)13-21(17(6-2,7-3)12-20-16)11-15-9-8-14(18)10-19-15/h8-10,20H,5-7,11-13H2,1-4H3. The Morgan fingerprint density at radius 1 is 1.24 bits per heavy atom. The molecule has 0 amide bonds. The molecule has 0 bridgehead atoms. The van der Waals surface area contributed by atoms with Crippen LogP contribution in [0.2, 0.25) is 0 Å². The normalized spacial score (nSPS) is 26.0. The summed E-state index contributed by atoms with van der Waals surface area (Å²) < 4.78 is 1.04. The van der Waals surface area contributed by atoms with Crippen LogP contribution >= 0.6 is 15.9 Å². The van der Waals surface area contributed by atoms with Gasteiger partial charge in [-0.05, 0) is 54.2 Å². The molecule has 1 saturated heterocycles. The van der Waals surface area contributed by atoms with Crippen LogP contribution in [0.3, 0.4) is 0 Å². The predicted molar refractivity (Wildman–Crippen MR) is 92.4 cm³/mol. The Balaban J connectivity index is 2.22. The van der Waals surface area contributed by atoms with Crippen molar-refractivity contribution in [3.63, 3.8) is 0 Å². The van der Waals surface area contributed by atoms with Gasteiger partial charge in [-0.1, -0.05) is 20.8 Å². The van der Waals surface area contributed by atoms with Gasteiger partial charge in [-0.25, -0.2) is 0 Å². The van der Waals surface area contributed by atoms with E-state index >= 15 is 0 Å². The van der Waals surface area contributed by atoms with Crippen molar-refractivity contribution in [2.45, 2.75) is 64.6 Å². The molecule has 1 N–H and O–H groups in total. The number of hydrogen-bond acceptors (Lipinski definition) is 3. The second-order valence-corrected chi connectivity index (χ2v) is 7.44. The van der Waals surface area contributed by atoms with E-state index in [0.29, 0.717) is 0 Å². The third-order valence-electron chi connectivity index (χ3n) is 5.29. The van der Waals surface area contributed by atoms with E-state index in [9.17, 15) is 0 Å². The van der Waals surface area contributed by atoms with E-state index in [0.717, 1.165) is 36.2 Å². The Morgan fingerprint density at radius 2 is 1.95 bits per heavy atom. The molecule has 3 nitrogen and oxygen atoms in total. The number of pyridine rings is 1. The molecule has 1 atom stereocenters. The van der Waals surface area contributed by atoms with E-state index in [1.165, 1.54) is 12.8 Å². The Morgan fingerprint density at radius 3 is 2.48 bits per heavy atom. The van der Waals surface area contributed by atoms with Gasteiger partial charge in [0.2, 0.25) is 0 Å². The largest absolute Gasteiger partial charge is 0.308 e. The summed E-state index contributed by atoms with van der Waals surface area (Å²) in [5.41, 5.74) is 1.62. The minimum Gasteiger partial charge on any atom is -0.308 e. The fourth-order valence-electron chi connectivity index (χ4n) is 3.24. The van der Waals surface area contributed by atoms with E-state index in [2.05, 4.69) is 71.0 Å². The van der Waals surface area contributed by atoms with Crippen LogP contribution in [0.15, 0.2) is 22.8 Å². The highest BCUT2D eigenvalue weighted by atomic mass is 79.9. The van der Waals surface area contributed by atoms with Crippen LogP contribution in [0, 0.1) is 0 Å². The summed E-state index contributed by atoms with van der Waals surface area (Å²) in [5, 5.41) is 3.79. The Hall–Kier alpha value is -0.450. The van der Waals surface area contributed by atoms with Crippen molar-refractivity contribution in [1.29, 1.82) is 0 Å². The highest BCUT2D eigenvalue weighted by molar-refractivity contribution is 9.10. The number of nitrogens with one attached hydrogen (secondary N) is 1. The predicted octanol–water partition coefficient (Wildman–Crippen LogP) is 3.98. The first-order valence-electron chi connectivity index (χ1n) is 8.07. The average Bonchev–Trinajstić information content (AvgIpc) is 2.51. The van der Waals surface area contributed by atoms with E-state index in [4.69, 9.17) is 0 Å². The zero-order chi connectivity index (χ0) is 15.5. The first kappa shape index (κ1) is 16.9. The van der Waals surface area contributed by atoms with Crippen LogP contribution in [-0.4, -0.2) is 34.1 Å². The zero-order valence-corrected chi connectivity index (χ0v) is 15.3. The minimum atomic E-state index is 0.212. The molecule has 0 spiro atoms. The molecule has 1 aromatic heterocycles. The van der Waals surface area contributed by atoms with Gasteiger partial charge in [0.25, 0.3) is 0 Å². The van der Waals surface area contributed by atoms with E-state index in [1.807, 2.05) is 6.20 Å². The van der Waals surface area contributed by atoms with Crippen LogP contribution in [0.5, 0.6) is 0 Å². The van der Waals surface area contributed by atoms with Gasteiger partial charge < -0.3 is 5.32 Å². The molecular weight excluding hydrogens is 326 g/mol. The molecule has 1 aromatic rings. The molecule has 0 saturated carbocycles. The number of aromatic nitrogens is 1. The monoisotopic (exact) mass is 353 g/mol. The Labute approximate surface area is 137 Å². The third kappa shape index (κ3) is 3.66. The van der Waals surface area contributed by atoms with Crippen LogP contribution in [0.1, 0.15) is 52.7 Å². The highest BCUT2D eigenvalue weighted by Crippen LogP contribution is 2.32. The SMILES string of the molecule is CCC1(C)CN(Cc2ccc(Br)cn2)C(CC)(CC)CN1.